The largest absolute Gasteiger partial charge is 0.374 e. The first-order chi connectivity index (χ1) is 13.9. The summed E-state index contributed by atoms with van der Waals surface area (Å²) < 4.78 is 41.4. The van der Waals surface area contributed by atoms with Crippen molar-refractivity contribution in [2.75, 3.05) is 38.1 Å². The highest BCUT2D eigenvalue weighted by Gasteiger charge is 2.26. The fraction of sp³-hybridized carbons (Fsp3) is 0.455. The van der Waals surface area contributed by atoms with Gasteiger partial charge in [0, 0.05) is 31.9 Å². The number of piperidine rings is 1. The number of sulfonamides is 1. The number of likely N-dealkylation sites (N-methyl/N-ethyl adjacent to an activating group) is 1. The van der Waals surface area contributed by atoms with Gasteiger partial charge in [-0.05, 0) is 73.8 Å². The predicted molar refractivity (Wildman–Crippen MR) is 113 cm³/mol. The van der Waals surface area contributed by atoms with Gasteiger partial charge in [0.1, 0.15) is 5.82 Å². The minimum atomic E-state index is -3.69. The van der Waals surface area contributed by atoms with Crippen LogP contribution in [0.25, 0.3) is 0 Å². The molecule has 0 amide bonds. The second-order valence-electron chi connectivity index (χ2n) is 7.98. The van der Waals surface area contributed by atoms with E-state index >= 15 is 0 Å². The molecule has 2 aliphatic rings. The van der Waals surface area contributed by atoms with E-state index in [1.807, 2.05) is 0 Å². The molecule has 7 heteroatoms. The van der Waals surface area contributed by atoms with Crippen LogP contribution >= 0.6 is 0 Å². The number of nitrogens with one attached hydrogen (secondary N) is 1. The Morgan fingerprint density at radius 3 is 2.48 bits per heavy atom. The first-order valence-corrected chi connectivity index (χ1v) is 11.8. The van der Waals surface area contributed by atoms with Crippen molar-refractivity contribution in [1.82, 2.24) is 9.62 Å². The van der Waals surface area contributed by atoms with E-state index in [1.54, 1.807) is 0 Å². The van der Waals surface area contributed by atoms with Gasteiger partial charge in [0.05, 0.1) is 4.90 Å². The summed E-state index contributed by atoms with van der Waals surface area (Å²) in [6, 6.07) is 11.5. The highest BCUT2D eigenvalue weighted by atomic mass is 32.2. The lowest BCUT2D eigenvalue weighted by molar-refractivity contribution is 0.164. The molecule has 1 unspecified atom stereocenters. The first kappa shape index (κ1) is 20.3. The number of fused-ring (bicyclic) bond motifs is 1. The standard InChI is InChI=1S/C22H28FN3O2S/c1-25-14-11-18-15-17(5-10-21(18)25)22(26-12-3-2-4-13-26)16-24-29(27,28)20-8-6-19(23)7-9-20/h5-10,15,22,24H,2-4,11-14,16H2,1H3. The average molecular weight is 418 g/mol. The Hall–Kier alpha value is -1.96. The Labute approximate surface area is 172 Å². The van der Waals surface area contributed by atoms with Gasteiger partial charge in [0.25, 0.3) is 0 Å². The van der Waals surface area contributed by atoms with Gasteiger partial charge in [-0.25, -0.2) is 17.5 Å². The summed E-state index contributed by atoms with van der Waals surface area (Å²) in [5.41, 5.74) is 3.74. The third-order valence-electron chi connectivity index (χ3n) is 6.04. The summed E-state index contributed by atoms with van der Waals surface area (Å²) in [7, 11) is -1.59. The molecule has 1 atom stereocenters. The summed E-state index contributed by atoms with van der Waals surface area (Å²) >= 11 is 0. The fourth-order valence-corrected chi connectivity index (χ4v) is 5.41. The number of hydrogen-bond acceptors (Lipinski definition) is 4. The van der Waals surface area contributed by atoms with Gasteiger partial charge in [-0.15, -0.1) is 0 Å². The highest BCUT2D eigenvalue weighted by molar-refractivity contribution is 7.89. The average Bonchev–Trinajstić information content (AvgIpc) is 3.09. The number of hydrogen-bond donors (Lipinski definition) is 1. The van der Waals surface area contributed by atoms with Crippen molar-refractivity contribution >= 4 is 15.7 Å². The van der Waals surface area contributed by atoms with Crippen LogP contribution in [0, 0.1) is 5.82 Å². The Kier molecular flexibility index (Phi) is 5.90. The molecule has 0 aromatic heterocycles. The topological polar surface area (TPSA) is 52.7 Å². The van der Waals surface area contributed by atoms with Crippen LogP contribution in [0.15, 0.2) is 47.4 Å². The monoisotopic (exact) mass is 417 g/mol. The summed E-state index contributed by atoms with van der Waals surface area (Å²) in [6.45, 7) is 3.26. The molecule has 0 saturated carbocycles. The van der Waals surface area contributed by atoms with Crippen molar-refractivity contribution in [1.29, 1.82) is 0 Å². The molecule has 0 bridgehead atoms. The summed E-state index contributed by atoms with van der Waals surface area (Å²) in [6.07, 6.45) is 4.51. The smallest absolute Gasteiger partial charge is 0.240 e. The highest BCUT2D eigenvalue weighted by Crippen LogP contribution is 2.32. The normalized spacial score (nSPS) is 18.6. The van der Waals surface area contributed by atoms with E-state index in [-0.39, 0.29) is 10.9 Å². The number of likely N-dealkylation sites (tertiary alicyclic amines) is 1. The van der Waals surface area contributed by atoms with Crippen molar-refractivity contribution in [2.24, 2.45) is 0 Å². The molecule has 0 radical (unpaired) electrons. The molecule has 156 valence electrons. The molecule has 29 heavy (non-hydrogen) atoms. The molecule has 2 aliphatic heterocycles. The van der Waals surface area contributed by atoms with E-state index in [1.165, 1.54) is 41.9 Å². The Morgan fingerprint density at radius 2 is 1.76 bits per heavy atom. The second-order valence-corrected chi connectivity index (χ2v) is 9.74. The predicted octanol–water partition coefficient (Wildman–Crippen LogP) is 3.32. The van der Waals surface area contributed by atoms with E-state index in [0.717, 1.165) is 44.5 Å². The van der Waals surface area contributed by atoms with Crippen LogP contribution in [0.2, 0.25) is 0 Å². The van der Waals surface area contributed by atoms with Crippen LogP contribution in [0.1, 0.15) is 36.4 Å². The number of benzene rings is 2. The van der Waals surface area contributed by atoms with Crippen molar-refractivity contribution in [3.8, 4) is 0 Å². The van der Waals surface area contributed by atoms with Gasteiger partial charge in [-0.3, -0.25) is 4.90 Å². The van der Waals surface area contributed by atoms with Crippen molar-refractivity contribution in [3.05, 3.63) is 59.4 Å². The zero-order chi connectivity index (χ0) is 20.4. The minimum Gasteiger partial charge on any atom is -0.374 e. The van der Waals surface area contributed by atoms with Crippen LogP contribution in [-0.2, 0) is 16.4 Å². The molecular formula is C22H28FN3O2S. The van der Waals surface area contributed by atoms with Crippen LogP contribution in [0.4, 0.5) is 10.1 Å². The molecule has 0 aliphatic carbocycles. The lowest BCUT2D eigenvalue weighted by Gasteiger charge is -2.35. The molecule has 1 fully saturated rings. The SMILES string of the molecule is CN1CCc2cc(C(CNS(=O)(=O)c3ccc(F)cc3)N3CCCCC3)ccc21. The van der Waals surface area contributed by atoms with Gasteiger partial charge in [0.15, 0.2) is 0 Å². The second kappa shape index (κ2) is 8.42. The summed E-state index contributed by atoms with van der Waals surface area (Å²) in [5.74, 6) is -0.446. The summed E-state index contributed by atoms with van der Waals surface area (Å²) in [4.78, 5) is 4.73. The fourth-order valence-electron chi connectivity index (χ4n) is 4.37. The van der Waals surface area contributed by atoms with Crippen LogP contribution < -0.4 is 9.62 Å². The third-order valence-corrected chi connectivity index (χ3v) is 7.48. The van der Waals surface area contributed by atoms with Crippen molar-refractivity contribution in [3.63, 3.8) is 0 Å². The van der Waals surface area contributed by atoms with Gasteiger partial charge >= 0.3 is 0 Å². The molecule has 1 N–H and O–H groups in total. The Bertz CT molecular complexity index is 957. The van der Waals surface area contributed by atoms with Crippen LogP contribution in [-0.4, -0.2) is 46.5 Å². The van der Waals surface area contributed by atoms with Crippen LogP contribution in [0.5, 0.6) is 0 Å². The molecule has 5 nitrogen and oxygen atoms in total. The van der Waals surface area contributed by atoms with E-state index in [2.05, 4.69) is 39.8 Å². The molecule has 1 saturated heterocycles. The van der Waals surface area contributed by atoms with Crippen LogP contribution in [0.3, 0.4) is 0 Å². The van der Waals surface area contributed by atoms with E-state index in [0.29, 0.717) is 6.54 Å². The molecule has 2 heterocycles. The molecule has 2 aromatic carbocycles. The summed E-state index contributed by atoms with van der Waals surface area (Å²) in [5, 5.41) is 0. The third kappa shape index (κ3) is 4.47. The number of rotatable bonds is 6. The first-order valence-electron chi connectivity index (χ1n) is 10.3. The zero-order valence-corrected chi connectivity index (χ0v) is 17.6. The maximum absolute atomic E-state index is 13.2. The van der Waals surface area contributed by atoms with E-state index in [9.17, 15) is 12.8 Å². The molecule has 4 rings (SSSR count). The lowest BCUT2D eigenvalue weighted by Crippen LogP contribution is -2.40. The van der Waals surface area contributed by atoms with Gasteiger partial charge < -0.3 is 4.90 Å². The Morgan fingerprint density at radius 1 is 1.03 bits per heavy atom. The van der Waals surface area contributed by atoms with Crippen molar-refractivity contribution < 1.29 is 12.8 Å². The van der Waals surface area contributed by atoms with E-state index in [4.69, 9.17) is 0 Å². The Balaban J connectivity index is 1.57. The zero-order valence-electron chi connectivity index (χ0n) is 16.8. The minimum absolute atomic E-state index is 0.0123. The number of halogens is 1. The quantitative estimate of drug-likeness (QED) is 0.783. The van der Waals surface area contributed by atoms with Gasteiger partial charge in [-0.2, -0.15) is 0 Å². The maximum atomic E-state index is 13.2. The number of nitrogens with zero attached hydrogens (tertiary/aromatic N) is 2. The van der Waals surface area contributed by atoms with E-state index < -0.39 is 15.8 Å². The lowest BCUT2D eigenvalue weighted by atomic mass is 9.99. The molecule has 2 aromatic rings. The molecule has 0 spiro atoms. The van der Waals surface area contributed by atoms with Gasteiger partial charge in [0.2, 0.25) is 10.0 Å². The van der Waals surface area contributed by atoms with Gasteiger partial charge in [-0.1, -0.05) is 18.6 Å². The number of anilines is 1. The molecular weight excluding hydrogens is 389 g/mol. The van der Waals surface area contributed by atoms with Crippen molar-refractivity contribution in [2.45, 2.75) is 36.6 Å². The maximum Gasteiger partial charge on any atom is 0.240 e.